The third-order valence-corrected chi connectivity index (χ3v) is 3.68. The van der Waals surface area contributed by atoms with E-state index in [2.05, 4.69) is 28.2 Å². The van der Waals surface area contributed by atoms with Crippen LogP contribution in [-0.4, -0.2) is 24.0 Å². The zero-order chi connectivity index (χ0) is 12.1. The van der Waals surface area contributed by atoms with Gasteiger partial charge in [-0.15, -0.1) is 0 Å². The van der Waals surface area contributed by atoms with Gasteiger partial charge in [-0.25, -0.2) is 0 Å². The highest BCUT2D eigenvalue weighted by Crippen LogP contribution is 2.18. The molecule has 1 amide bonds. The molecule has 0 spiro atoms. The highest BCUT2D eigenvalue weighted by Gasteiger charge is 2.10. The number of anilines is 1. The van der Waals surface area contributed by atoms with E-state index in [-0.39, 0.29) is 5.91 Å². The number of benzene rings is 1. The van der Waals surface area contributed by atoms with Crippen LogP contribution in [0.15, 0.2) is 22.7 Å². The summed E-state index contributed by atoms with van der Waals surface area (Å²) >= 11 is 5.02. The molecule has 1 aromatic carbocycles. The number of carbonyl (C=O) groups excluding carboxylic acids is 1. The van der Waals surface area contributed by atoms with Gasteiger partial charge in [-0.1, -0.05) is 22.9 Å². The van der Waals surface area contributed by atoms with Crippen LogP contribution in [0.1, 0.15) is 17.3 Å². The molecule has 0 aromatic heterocycles. The molecule has 3 N–H and O–H groups in total. The lowest BCUT2D eigenvalue weighted by Gasteiger charge is -2.11. The van der Waals surface area contributed by atoms with E-state index in [1.165, 1.54) is 0 Å². The second-order valence-electron chi connectivity index (χ2n) is 3.49. The van der Waals surface area contributed by atoms with Crippen molar-refractivity contribution in [3.63, 3.8) is 0 Å². The fourth-order valence-corrected chi connectivity index (χ4v) is 1.78. The van der Waals surface area contributed by atoms with Crippen LogP contribution in [0.25, 0.3) is 0 Å². The van der Waals surface area contributed by atoms with E-state index in [0.29, 0.717) is 23.0 Å². The highest BCUT2D eigenvalue weighted by atomic mass is 79.9. The lowest BCUT2D eigenvalue weighted by atomic mass is 10.1. The Morgan fingerprint density at radius 3 is 2.88 bits per heavy atom. The molecule has 88 valence electrons. The van der Waals surface area contributed by atoms with E-state index >= 15 is 0 Å². The number of thioether (sulfide) groups is 1. The van der Waals surface area contributed by atoms with Gasteiger partial charge in [-0.05, 0) is 24.5 Å². The van der Waals surface area contributed by atoms with E-state index < -0.39 is 0 Å². The molecule has 1 aromatic rings. The average Bonchev–Trinajstić information content (AvgIpc) is 2.25. The summed E-state index contributed by atoms with van der Waals surface area (Å²) < 4.78 is 0.874. The molecular weight excluding hydrogens is 288 g/mol. The molecule has 3 nitrogen and oxygen atoms in total. The topological polar surface area (TPSA) is 55.1 Å². The Balaban J connectivity index is 2.66. The Hall–Kier alpha value is -0.680. The van der Waals surface area contributed by atoms with Gasteiger partial charge in [0.1, 0.15) is 0 Å². The minimum atomic E-state index is -0.120. The molecule has 0 aliphatic carbocycles. The Morgan fingerprint density at radius 1 is 1.62 bits per heavy atom. The molecule has 5 heteroatoms. The van der Waals surface area contributed by atoms with Crippen molar-refractivity contribution in [1.82, 2.24) is 5.32 Å². The minimum Gasteiger partial charge on any atom is -0.398 e. The van der Waals surface area contributed by atoms with Gasteiger partial charge in [0.05, 0.1) is 5.56 Å². The van der Waals surface area contributed by atoms with E-state index in [4.69, 9.17) is 5.73 Å². The van der Waals surface area contributed by atoms with E-state index in [0.717, 1.165) is 4.47 Å². The molecule has 0 aliphatic heterocycles. The van der Waals surface area contributed by atoms with Gasteiger partial charge in [0.15, 0.2) is 0 Å². The van der Waals surface area contributed by atoms with Crippen LogP contribution in [0.3, 0.4) is 0 Å². The molecule has 0 fully saturated rings. The van der Waals surface area contributed by atoms with Gasteiger partial charge in [-0.2, -0.15) is 11.8 Å². The molecule has 1 unspecified atom stereocenters. The number of hydrogen-bond acceptors (Lipinski definition) is 3. The molecule has 16 heavy (non-hydrogen) atoms. The highest BCUT2D eigenvalue weighted by molar-refractivity contribution is 9.10. The zero-order valence-electron chi connectivity index (χ0n) is 9.29. The van der Waals surface area contributed by atoms with Crippen molar-refractivity contribution in [2.24, 2.45) is 0 Å². The first kappa shape index (κ1) is 13.4. The van der Waals surface area contributed by atoms with Crippen LogP contribution >= 0.6 is 27.7 Å². The summed E-state index contributed by atoms with van der Waals surface area (Å²) in [5, 5.41) is 3.26. The number of hydrogen-bond donors (Lipinski definition) is 2. The molecule has 0 saturated carbocycles. The first-order valence-electron chi connectivity index (χ1n) is 4.90. The molecular formula is C11H15BrN2OS. The monoisotopic (exact) mass is 302 g/mol. The average molecular weight is 303 g/mol. The Labute approximate surface area is 108 Å². The van der Waals surface area contributed by atoms with E-state index in [1.54, 1.807) is 23.9 Å². The van der Waals surface area contributed by atoms with Gasteiger partial charge >= 0.3 is 0 Å². The summed E-state index contributed by atoms with van der Waals surface area (Å²) in [6.07, 6.45) is 2.02. The quantitative estimate of drug-likeness (QED) is 0.840. The van der Waals surface area contributed by atoms with Crippen molar-refractivity contribution in [3.8, 4) is 0 Å². The van der Waals surface area contributed by atoms with Crippen molar-refractivity contribution in [2.75, 3.05) is 18.5 Å². The number of carbonyl (C=O) groups is 1. The lowest BCUT2D eigenvalue weighted by molar-refractivity contribution is 0.0955. The summed E-state index contributed by atoms with van der Waals surface area (Å²) in [5.74, 6) is -0.120. The van der Waals surface area contributed by atoms with E-state index in [1.807, 2.05) is 12.3 Å². The van der Waals surface area contributed by atoms with Crippen molar-refractivity contribution in [2.45, 2.75) is 12.2 Å². The number of halogens is 1. The normalized spacial score (nSPS) is 12.2. The maximum Gasteiger partial charge on any atom is 0.253 e. The van der Waals surface area contributed by atoms with E-state index in [9.17, 15) is 4.79 Å². The van der Waals surface area contributed by atoms with Crippen LogP contribution in [0.5, 0.6) is 0 Å². The number of nitrogens with two attached hydrogens (primary N) is 1. The molecule has 1 rings (SSSR count). The largest absolute Gasteiger partial charge is 0.398 e. The Kier molecular flexibility index (Phi) is 5.15. The number of rotatable bonds is 4. The number of amides is 1. The maximum absolute atomic E-state index is 11.8. The first-order chi connectivity index (χ1) is 7.54. The standard InChI is InChI=1S/C11H15BrN2OS/c1-7(16-2)6-14-11(15)9-4-3-8(12)5-10(9)13/h3-5,7H,6,13H2,1-2H3,(H,14,15). The molecule has 0 bridgehead atoms. The molecule has 0 radical (unpaired) electrons. The summed E-state index contributed by atoms with van der Waals surface area (Å²) in [6, 6.07) is 5.26. The predicted molar refractivity (Wildman–Crippen MR) is 73.9 cm³/mol. The smallest absolute Gasteiger partial charge is 0.253 e. The summed E-state index contributed by atoms with van der Waals surface area (Å²) in [7, 11) is 0. The van der Waals surface area contributed by atoms with Crippen molar-refractivity contribution >= 4 is 39.3 Å². The van der Waals surface area contributed by atoms with Gasteiger partial charge < -0.3 is 11.1 Å². The number of nitrogens with one attached hydrogen (secondary N) is 1. The molecule has 0 heterocycles. The SMILES string of the molecule is CSC(C)CNC(=O)c1ccc(Br)cc1N. The first-order valence-corrected chi connectivity index (χ1v) is 6.98. The van der Waals surface area contributed by atoms with Crippen molar-refractivity contribution in [3.05, 3.63) is 28.2 Å². The Morgan fingerprint density at radius 2 is 2.31 bits per heavy atom. The van der Waals surface area contributed by atoms with Gasteiger partial charge in [0.25, 0.3) is 5.91 Å². The molecule has 1 atom stereocenters. The van der Waals surface area contributed by atoms with Crippen LogP contribution in [0.2, 0.25) is 0 Å². The van der Waals surface area contributed by atoms with Crippen LogP contribution in [0, 0.1) is 0 Å². The van der Waals surface area contributed by atoms with Gasteiger partial charge in [-0.3, -0.25) is 4.79 Å². The fourth-order valence-electron chi connectivity index (χ4n) is 1.16. The molecule has 0 aliphatic rings. The Bertz CT molecular complexity index is 384. The molecule has 0 saturated heterocycles. The third-order valence-electron chi connectivity index (χ3n) is 2.21. The fraction of sp³-hybridized carbons (Fsp3) is 0.364. The number of nitrogen functional groups attached to an aromatic ring is 1. The minimum absolute atomic E-state index is 0.120. The second-order valence-corrected chi connectivity index (χ2v) is 5.68. The van der Waals surface area contributed by atoms with Crippen LogP contribution in [-0.2, 0) is 0 Å². The summed E-state index contributed by atoms with van der Waals surface area (Å²) in [4.78, 5) is 11.8. The van der Waals surface area contributed by atoms with Crippen molar-refractivity contribution < 1.29 is 4.79 Å². The third kappa shape index (κ3) is 3.72. The zero-order valence-corrected chi connectivity index (χ0v) is 11.7. The van der Waals surface area contributed by atoms with Gasteiger partial charge in [0, 0.05) is 22.0 Å². The maximum atomic E-state index is 11.8. The van der Waals surface area contributed by atoms with Crippen molar-refractivity contribution in [1.29, 1.82) is 0 Å². The van der Waals surface area contributed by atoms with Crippen LogP contribution < -0.4 is 11.1 Å². The summed E-state index contributed by atoms with van der Waals surface area (Å²) in [5.41, 5.74) is 6.78. The van der Waals surface area contributed by atoms with Gasteiger partial charge in [0.2, 0.25) is 0 Å². The lowest BCUT2D eigenvalue weighted by Crippen LogP contribution is -2.29. The summed E-state index contributed by atoms with van der Waals surface area (Å²) in [6.45, 7) is 2.71. The second kappa shape index (κ2) is 6.15. The van der Waals surface area contributed by atoms with Crippen LogP contribution in [0.4, 0.5) is 5.69 Å². The predicted octanol–water partition coefficient (Wildman–Crippen LogP) is 2.51.